The summed E-state index contributed by atoms with van der Waals surface area (Å²) in [6.45, 7) is 4.99. The Balaban J connectivity index is 1.61. The predicted molar refractivity (Wildman–Crippen MR) is 81.8 cm³/mol. The fraction of sp³-hybridized carbons (Fsp3) is 0.533. The van der Waals surface area contributed by atoms with Gasteiger partial charge in [0.1, 0.15) is 0 Å². The van der Waals surface area contributed by atoms with Crippen molar-refractivity contribution >= 4 is 11.1 Å². The molecule has 7 heteroatoms. The lowest BCUT2D eigenvalue weighted by Crippen LogP contribution is -2.48. The topological polar surface area (TPSA) is 92.9 Å². The minimum atomic E-state index is -0.617. The van der Waals surface area contributed by atoms with Gasteiger partial charge in [0.15, 0.2) is 5.58 Å². The molecule has 1 aromatic carbocycles. The Bertz CT molecular complexity index is 673. The maximum absolute atomic E-state index is 11.2. The average molecular weight is 307 g/mol. The van der Waals surface area contributed by atoms with E-state index >= 15 is 0 Å². The number of piperazine rings is 1. The molecule has 0 spiro atoms. The Hall–Kier alpha value is -1.67. The molecule has 1 unspecified atom stereocenters. The number of fused-ring (bicyclic) bond motifs is 1. The molecule has 7 nitrogen and oxygen atoms in total. The number of H-pyrrole nitrogens is 1. The number of hydrogen-bond acceptors (Lipinski definition) is 6. The summed E-state index contributed by atoms with van der Waals surface area (Å²) in [6, 6.07) is 5.26. The first-order valence-electron chi connectivity index (χ1n) is 7.52. The fourth-order valence-electron chi connectivity index (χ4n) is 2.86. The van der Waals surface area contributed by atoms with Gasteiger partial charge in [0.25, 0.3) is 0 Å². The lowest BCUT2D eigenvalue weighted by Gasteiger charge is -2.35. The van der Waals surface area contributed by atoms with Crippen LogP contribution in [0.4, 0.5) is 0 Å². The van der Waals surface area contributed by atoms with Gasteiger partial charge in [-0.1, -0.05) is 6.07 Å². The number of β-amino-alcohol motifs (C(OH)–C–C–N with tert-alkyl or cyclic N) is 2. The van der Waals surface area contributed by atoms with E-state index in [0.717, 1.165) is 31.7 Å². The van der Waals surface area contributed by atoms with Gasteiger partial charge in [0.2, 0.25) is 0 Å². The number of nitrogens with one attached hydrogen (secondary N) is 1. The molecule has 1 aliphatic heterocycles. The number of oxazole rings is 1. The van der Waals surface area contributed by atoms with Crippen LogP contribution in [0.5, 0.6) is 0 Å². The van der Waals surface area contributed by atoms with Crippen LogP contribution < -0.4 is 5.76 Å². The molecule has 2 aromatic rings. The Morgan fingerprint density at radius 3 is 2.68 bits per heavy atom. The number of nitrogens with zero attached hydrogens (tertiary/aromatic N) is 2. The normalized spacial score (nSPS) is 18.8. The number of aromatic nitrogens is 1. The zero-order valence-corrected chi connectivity index (χ0v) is 12.4. The van der Waals surface area contributed by atoms with E-state index in [1.165, 1.54) is 0 Å². The van der Waals surface area contributed by atoms with E-state index in [2.05, 4.69) is 14.8 Å². The van der Waals surface area contributed by atoms with Crippen molar-refractivity contribution < 1.29 is 14.6 Å². The van der Waals surface area contributed by atoms with Gasteiger partial charge in [-0.05, 0) is 17.7 Å². The number of aliphatic hydroxyl groups excluding tert-OH is 2. The Labute approximate surface area is 127 Å². The Morgan fingerprint density at radius 2 is 1.95 bits per heavy atom. The van der Waals surface area contributed by atoms with E-state index in [4.69, 9.17) is 9.52 Å². The highest BCUT2D eigenvalue weighted by Gasteiger charge is 2.20. The van der Waals surface area contributed by atoms with E-state index in [-0.39, 0.29) is 6.61 Å². The number of aliphatic hydroxyl groups is 2. The first-order chi connectivity index (χ1) is 10.7. The summed E-state index contributed by atoms with van der Waals surface area (Å²) in [6.07, 6.45) is -0.617. The smallest absolute Gasteiger partial charge is 0.408 e. The molecule has 1 aliphatic rings. The molecule has 22 heavy (non-hydrogen) atoms. The van der Waals surface area contributed by atoms with E-state index in [1.54, 1.807) is 18.2 Å². The summed E-state index contributed by atoms with van der Waals surface area (Å²) in [4.78, 5) is 18.2. The zero-order chi connectivity index (χ0) is 15.5. The minimum absolute atomic E-state index is 0.185. The van der Waals surface area contributed by atoms with E-state index in [0.29, 0.717) is 24.2 Å². The van der Waals surface area contributed by atoms with Crippen molar-refractivity contribution in [1.29, 1.82) is 0 Å². The third kappa shape index (κ3) is 3.38. The quantitative estimate of drug-likeness (QED) is 0.706. The molecule has 0 aliphatic carbocycles. The van der Waals surface area contributed by atoms with Crippen LogP contribution in [0.1, 0.15) is 11.7 Å². The minimum Gasteiger partial charge on any atom is -0.408 e. The number of rotatable bonds is 5. The van der Waals surface area contributed by atoms with Crippen molar-refractivity contribution in [2.45, 2.75) is 6.10 Å². The maximum atomic E-state index is 11.2. The standard InChI is InChI=1S/C15H21N3O4/c19-8-7-17-3-5-18(6-4-17)10-13(20)11-1-2-12-14(9-11)22-15(21)16-12/h1-2,9,13,19-20H,3-8,10H2,(H,16,21). The maximum Gasteiger partial charge on any atom is 0.417 e. The molecule has 3 N–H and O–H groups in total. The second-order valence-electron chi connectivity index (χ2n) is 5.65. The van der Waals surface area contributed by atoms with Crippen molar-refractivity contribution in [2.75, 3.05) is 45.9 Å². The van der Waals surface area contributed by atoms with Crippen LogP contribution in [0.15, 0.2) is 27.4 Å². The molecule has 120 valence electrons. The summed E-state index contributed by atoms with van der Waals surface area (Å²) in [5.74, 6) is -0.485. The van der Waals surface area contributed by atoms with Gasteiger partial charge in [-0.2, -0.15) is 0 Å². The van der Waals surface area contributed by atoms with Crippen molar-refractivity contribution in [2.24, 2.45) is 0 Å². The molecule has 0 amide bonds. The van der Waals surface area contributed by atoms with E-state index in [1.807, 2.05) is 0 Å². The monoisotopic (exact) mass is 307 g/mol. The number of aromatic amines is 1. The molecule has 0 bridgehead atoms. The van der Waals surface area contributed by atoms with Crippen molar-refractivity contribution in [3.05, 3.63) is 34.3 Å². The third-order valence-electron chi connectivity index (χ3n) is 4.14. The first-order valence-corrected chi connectivity index (χ1v) is 7.52. The highest BCUT2D eigenvalue weighted by molar-refractivity contribution is 5.72. The summed E-state index contributed by atoms with van der Waals surface area (Å²) in [5, 5.41) is 19.3. The van der Waals surface area contributed by atoms with Gasteiger partial charge < -0.3 is 14.6 Å². The molecule has 1 saturated heterocycles. The van der Waals surface area contributed by atoms with Crippen LogP contribution in [-0.2, 0) is 0 Å². The molecule has 0 saturated carbocycles. The van der Waals surface area contributed by atoms with Crippen LogP contribution >= 0.6 is 0 Å². The summed E-state index contributed by atoms with van der Waals surface area (Å²) < 4.78 is 5.02. The lowest BCUT2D eigenvalue weighted by atomic mass is 10.1. The van der Waals surface area contributed by atoms with E-state index in [9.17, 15) is 9.90 Å². The lowest BCUT2D eigenvalue weighted by molar-refractivity contribution is 0.0661. The molecule has 0 radical (unpaired) electrons. The van der Waals surface area contributed by atoms with E-state index < -0.39 is 11.9 Å². The Morgan fingerprint density at radius 1 is 1.23 bits per heavy atom. The zero-order valence-electron chi connectivity index (χ0n) is 12.4. The van der Waals surface area contributed by atoms with Crippen LogP contribution in [0.2, 0.25) is 0 Å². The summed E-state index contributed by atoms with van der Waals surface area (Å²) >= 11 is 0. The van der Waals surface area contributed by atoms with Gasteiger partial charge in [-0.25, -0.2) is 4.79 Å². The van der Waals surface area contributed by atoms with Crippen molar-refractivity contribution in [3.63, 3.8) is 0 Å². The molecular weight excluding hydrogens is 286 g/mol. The van der Waals surface area contributed by atoms with Gasteiger partial charge in [-0.15, -0.1) is 0 Å². The molecule has 1 atom stereocenters. The van der Waals surface area contributed by atoms with Crippen LogP contribution in [-0.4, -0.2) is 70.9 Å². The number of benzene rings is 1. The molecular formula is C15H21N3O4. The molecule has 3 rings (SSSR count). The van der Waals surface area contributed by atoms with Crippen LogP contribution in [0.3, 0.4) is 0 Å². The molecule has 1 fully saturated rings. The van der Waals surface area contributed by atoms with Crippen molar-refractivity contribution in [3.8, 4) is 0 Å². The summed E-state index contributed by atoms with van der Waals surface area (Å²) in [5.41, 5.74) is 1.85. The van der Waals surface area contributed by atoms with Crippen LogP contribution in [0, 0.1) is 0 Å². The van der Waals surface area contributed by atoms with Gasteiger partial charge in [0, 0.05) is 39.3 Å². The van der Waals surface area contributed by atoms with Crippen LogP contribution in [0.25, 0.3) is 11.1 Å². The fourth-order valence-corrected chi connectivity index (χ4v) is 2.86. The first kappa shape index (κ1) is 15.2. The van der Waals surface area contributed by atoms with Crippen molar-refractivity contribution in [1.82, 2.24) is 14.8 Å². The highest BCUT2D eigenvalue weighted by Crippen LogP contribution is 2.20. The second kappa shape index (κ2) is 6.62. The van der Waals surface area contributed by atoms with Gasteiger partial charge in [0.05, 0.1) is 18.2 Å². The second-order valence-corrected chi connectivity index (χ2v) is 5.65. The predicted octanol–water partition coefficient (Wildman–Crippen LogP) is -0.236. The average Bonchev–Trinajstić information content (AvgIpc) is 2.88. The third-order valence-corrected chi connectivity index (χ3v) is 4.14. The molecule has 2 heterocycles. The molecule has 1 aromatic heterocycles. The number of hydrogen-bond donors (Lipinski definition) is 3. The Kier molecular flexibility index (Phi) is 4.58. The SMILES string of the molecule is O=c1[nH]c2ccc(C(O)CN3CCN(CCO)CC3)cc2o1. The highest BCUT2D eigenvalue weighted by atomic mass is 16.4. The summed E-state index contributed by atoms with van der Waals surface area (Å²) in [7, 11) is 0. The largest absolute Gasteiger partial charge is 0.417 e. The van der Waals surface area contributed by atoms with Gasteiger partial charge in [-0.3, -0.25) is 14.8 Å². The van der Waals surface area contributed by atoms with Gasteiger partial charge >= 0.3 is 5.76 Å².